The molecule has 4 heteroatoms. The molecule has 3 rings (SSSR count). The van der Waals surface area contributed by atoms with Crippen molar-refractivity contribution in [3.05, 3.63) is 58.0 Å². The maximum absolute atomic E-state index is 11.8. The van der Waals surface area contributed by atoms with Crippen molar-refractivity contribution in [2.75, 3.05) is 5.75 Å². The minimum absolute atomic E-state index is 0.00983. The number of rotatable bonds is 2. The Labute approximate surface area is 110 Å². The van der Waals surface area contributed by atoms with Crippen molar-refractivity contribution >= 4 is 11.8 Å². The zero-order chi connectivity index (χ0) is 12.5. The fraction of sp³-hybridized carbons (Fsp3) is 0.286. The molecule has 0 amide bonds. The summed E-state index contributed by atoms with van der Waals surface area (Å²) in [6, 6.07) is 10.1. The molecule has 1 unspecified atom stereocenters. The normalized spacial score (nSPS) is 17.7. The molecular weight excluding hydrogens is 244 g/mol. The second-order valence-corrected chi connectivity index (χ2v) is 5.66. The van der Waals surface area contributed by atoms with Crippen LogP contribution in [-0.2, 0) is 6.54 Å². The van der Waals surface area contributed by atoms with E-state index in [4.69, 9.17) is 0 Å². The Morgan fingerprint density at radius 2 is 2.28 bits per heavy atom. The van der Waals surface area contributed by atoms with Gasteiger partial charge in [-0.2, -0.15) is 5.10 Å². The lowest BCUT2D eigenvalue weighted by molar-refractivity contribution is 0.521. The lowest BCUT2D eigenvalue weighted by Crippen LogP contribution is -2.25. The van der Waals surface area contributed by atoms with E-state index in [1.165, 1.54) is 10.5 Å². The number of thioether (sulfide) groups is 1. The van der Waals surface area contributed by atoms with Crippen LogP contribution >= 0.6 is 11.8 Å². The number of aryl methyl sites for hydroxylation is 1. The Kier molecular flexibility index (Phi) is 2.96. The summed E-state index contributed by atoms with van der Waals surface area (Å²) >= 11 is 1.86. The van der Waals surface area contributed by atoms with Gasteiger partial charge in [-0.15, -0.1) is 11.8 Å². The van der Waals surface area contributed by atoms with Crippen molar-refractivity contribution in [1.29, 1.82) is 0 Å². The largest absolute Gasteiger partial charge is 0.268 e. The first-order valence-corrected chi connectivity index (χ1v) is 6.98. The molecular formula is C14H14N2OS. The molecule has 0 radical (unpaired) electrons. The first-order chi connectivity index (χ1) is 8.74. The third kappa shape index (κ3) is 2.08. The molecule has 1 aliphatic rings. The number of aromatic nitrogens is 2. The summed E-state index contributed by atoms with van der Waals surface area (Å²) in [5.41, 5.74) is 2.25. The average molecular weight is 258 g/mol. The van der Waals surface area contributed by atoms with Gasteiger partial charge < -0.3 is 0 Å². The fourth-order valence-corrected chi connectivity index (χ4v) is 3.49. The lowest BCUT2D eigenvalue weighted by atomic mass is 10.0. The van der Waals surface area contributed by atoms with Crippen LogP contribution in [0.25, 0.3) is 0 Å². The standard InChI is InChI=1S/C14H14N2OS/c1-10-6-14(17)16(15-7-10)8-11-9-18-13-5-3-2-4-12(11)13/h2-7,11H,8-9H2,1H3. The molecule has 0 spiro atoms. The third-order valence-corrected chi connectivity index (χ3v) is 4.45. The summed E-state index contributed by atoms with van der Waals surface area (Å²) in [7, 11) is 0. The summed E-state index contributed by atoms with van der Waals surface area (Å²) in [4.78, 5) is 13.2. The molecule has 3 nitrogen and oxygen atoms in total. The van der Waals surface area contributed by atoms with E-state index in [1.54, 1.807) is 16.9 Å². The Balaban J connectivity index is 1.89. The molecule has 1 aromatic carbocycles. The van der Waals surface area contributed by atoms with Crippen molar-refractivity contribution in [3.8, 4) is 0 Å². The second kappa shape index (κ2) is 4.61. The van der Waals surface area contributed by atoms with Gasteiger partial charge in [0.25, 0.3) is 5.56 Å². The van der Waals surface area contributed by atoms with Gasteiger partial charge in [-0.3, -0.25) is 4.79 Å². The second-order valence-electron chi connectivity index (χ2n) is 4.60. The summed E-state index contributed by atoms with van der Waals surface area (Å²) in [6.45, 7) is 2.56. The van der Waals surface area contributed by atoms with Crippen LogP contribution in [0.4, 0.5) is 0 Å². The van der Waals surface area contributed by atoms with E-state index < -0.39 is 0 Å². The van der Waals surface area contributed by atoms with Gasteiger partial charge in [0.1, 0.15) is 0 Å². The van der Waals surface area contributed by atoms with Crippen molar-refractivity contribution in [2.24, 2.45) is 0 Å². The summed E-state index contributed by atoms with van der Waals surface area (Å²) in [6.07, 6.45) is 1.75. The van der Waals surface area contributed by atoms with E-state index in [9.17, 15) is 4.79 Å². The molecule has 0 saturated heterocycles. The molecule has 0 N–H and O–H groups in total. The number of nitrogens with zero attached hydrogens (tertiary/aromatic N) is 2. The molecule has 1 aliphatic heterocycles. The number of hydrogen-bond acceptors (Lipinski definition) is 3. The molecule has 2 heterocycles. The summed E-state index contributed by atoms with van der Waals surface area (Å²) in [5, 5.41) is 4.21. The van der Waals surface area contributed by atoms with E-state index in [0.29, 0.717) is 12.5 Å². The monoisotopic (exact) mass is 258 g/mol. The van der Waals surface area contributed by atoms with E-state index in [1.807, 2.05) is 18.7 Å². The van der Waals surface area contributed by atoms with Gasteiger partial charge in [-0.05, 0) is 24.1 Å². The van der Waals surface area contributed by atoms with Gasteiger partial charge in [0.05, 0.1) is 12.7 Å². The Morgan fingerprint density at radius 1 is 1.44 bits per heavy atom. The highest BCUT2D eigenvalue weighted by molar-refractivity contribution is 7.99. The molecule has 1 atom stereocenters. The molecule has 0 fully saturated rings. The van der Waals surface area contributed by atoms with Crippen LogP contribution in [0.1, 0.15) is 17.0 Å². The Morgan fingerprint density at radius 3 is 3.11 bits per heavy atom. The van der Waals surface area contributed by atoms with Gasteiger partial charge in [0.2, 0.25) is 0 Å². The fourth-order valence-electron chi connectivity index (χ4n) is 2.25. The van der Waals surface area contributed by atoms with E-state index in [0.717, 1.165) is 11.3 Å². The Bertz CT molecular complexity index is 636. The maximum atomic E-state index is 11.8. The zero-order valence-corrected chi connectivity index (χ0v) is 11.0. The highest BCUT2D eigenvalue weighted by atomic mass is 32.2. The highest BCUT2D eigenvalue weighted by Crippen LogP contribution is 2.39. The van der Waals surface area contributed by atoms with E-state index >= 15 is 0 Å². The molecule has 18 heavy (non-hydrogen) atoms. The SMILES string of the molecule is Cc1cnn(CC2CSc3ccccc32)c(=O)c1. The van der Waals surface area contributed by atoms with Gasteiger partial charge >= 0.3 is 0 Å². The van der Waals surface area contributed by atoms with Crippen LogP contribution in [0.3, 0.4) is 0 Å². The van der Waals surface area contributed by atoms with Crippen molar-refractivity contribution in [2.45, 2.75) is 24.3 Å². The smallest absolute Gasteiger partial charge is 0.267 e. The van der Waals surface area contributed by atoms with Gasteiger partial charge in [-0.25, -0.2) is 4.68 Å². The van der Waals surface area contributed by atoms with Crippen molar-refractivity contribution in [3.63, 3.8) is 0 Å². The maximum Gasteiger partial charge on any atom is 0.267 e. The minimum Gasteiger partial charge on any atom is -0.268 e. The number of benzene rings is 1. The van der Waals surface area contributed by atoms with Crippen LogP contribution in [-0.4, -0.2) is 15.5 Å². The predicted molar refractivity (Wildman–Crippen MR) is 73.1 cm³/mol. The molecule has 92 valence electrons. The predicted octanol–water partition coefficient (Wildman–Crippen LogP) is 2.44. The molecule has 0 saturated carbocycles. The summed E-state index contributed by atoms with van der Waals surface area (Å²) in [5.74, 6) is 1.42. The van der Waals surface area contributed by atoms with Crippen molar-refractivity contribution < 1.29 is 0 Å². The van der Waals surface area contributed by atoms with Crippen LogP contribution in [0.2, 0.25) is 0 Å². The molecule has 1 aromatic heterocycles. The zero-order valence-electron chi connectivity index (χ0n) is 10.2. The van der Waals surface area contributed by atoms with E-state index in [2.05, 4.69) is 29.4 Å². The van der Waals surface area contributed by atoms with Crippen LogP contribution in [0.5, 0.6) is 0 Å². The molecule has 2 aromatic rings. The van der Waals surface area contributed by atoms with Gasteiger partial charge in [0, 0.05) is 22.6 Å². The number of fused-ring (bicyclic) bond motifs is 1. The van der Waals surface area contributed by atoms with Crippen LogP contribution < -0.4 is 5.56 Å². The van der Waals surface area contributed by atoms with Crippen molar-refractivity contribution in [1.82, 2.24) is 9.78 Å². The average Bonchev–Trinajstić information content (AvgIpc) is 2.76. The number of hydrogen-bond donors (Lipinski definition) is 0. The van der Waals surface area contributed by atoms with Gasteiger partial charge in [-0.1, -0.05) is 18.2 Å². The topological polar surface area (TPSA) is 34.9 Å². The van der Waals surface area contributed by atoms with E-state index in [-0.39, 0.29) is 5.56 Å². The lowest BCUT2D eigenvalue weighted by Gasteiger charge is -2.11. The Hall–Kier alpha value is -1.55. The van der Waals surface area contributed by atoms with Crippen LogP contribution in [0, 0.1) is 6.92 Å². The quantitative estimate of drug-likeness (QED) is 0.830. The highest BCUT2D eigenvalue weighted by Gasteiger charge is 2.23. The summed E-state index contributed by atoms with van der Waals surface area (Å²) < 4.78 is 1.57. The third-order valence-electron chi connectivity index (χ3n) is 3.20. The van der Waals surface area contributed by atoms with Crippen LogP contribution in [0.15, 0.2) is 46.2 Å². The van der Waals surface area contributed by atoms with Gasteiger partial charge in [0.15, 0.2) is 0 Å². The first kappa shape index (κ1) is 11.5. The minimum atomic E-state index is -0.00983. The first-order valence-electron chi connectivity index (χ1n) is 5.99. The molecule has 0 aliphatic carbocycles. The molecule has 0 bridgehead atoms.